The van der Waals surface area contributed by atoms with E-state index < -0.39 is 10.0 Å². The number of nitrogens with one attached hydrogen (secondary N) is 2. The highest BCUT2D eigenvalue weighted by Gasteiger charge is 2.13. The minimum absolute atomic E-state index is 0.122. The Bertz CT molecular complexity index is 350. The molecule has 1 aliphatic rings. The summed E-state index contributed by atoms with van der Waals surface area (Å²) < 4.78 is 29.2. The predicted molar refractivity (Wildman–Crippen MR) is 68.6 cm³/mol. The maximum atomic E-state index is 11.4. The molecule has 1 rings (SSSR count). The van der Waals surface area contributed by atoms with Crippen LogP contribution in [-0.4, -0.2) is 46.9 Å². The Kier molecular flexibility index (Phi) is 6.59. The van der Waals surface area contributed by atoms with Gasteiger partial charge in [0, 0.05) is 32.7 Å². The summed E-state index contributed by atoms with van der Waals surface area (Å²) in [5.74, 6) is 0.413. The molecule has 0 aromatic heterocycles. The van der Waals surface area contributed by atoms with Crippen LogP contribution in [0.5, 0.6) is 0 Å². The van der Waals surface area contributed by atoms with E-state index in [4.69, 9.17) is 4.74 Å². The van der Waals surface area contributed by atoms with Crippen molar-refractivity contribution in [3.8, 4) is 0 Å². The molecule has 106 valence electrons. The Morgan fingerprint density at radius 1 is 1.39 bits per heavy atom. The molecule has 1 fully saturated rings. The smallest absolute Gasteiger partial charge is 0.221 e. The molecule has 1 amide bonds. The topological polar surface area (TPSA) is 84.5 Å². The zero-order valence-corrected chi connectivity index (χ0v) is 11.6. The van der Waals surface area contributed by atoms with Gasteiger partial charge in [0.05, 0.1) is 6.26 Å². The van der Waals surface area contributed by atoms with E-state index >= 15 is 0 Å². The first kappa shape index (κ1) is 15.4. The van der Waals surface area contributed by atoms with Crippen LogP contribution < -0.4 is 10.0 Å². The Labute approximate surface area is 109 Å². The van der Waals surface area contributed by atoms with Crippen LogP contribution >= 0.6 is 0 Å². The first-order valence-electron chi connectivity index (χ1n) is 6.26. The fraction of sp³-hybridized carbons (Fsp3) is 0.909. The molecular weight excluding hydrogens is 256 g/mol. The van der Waals surface area contributed by atoms with Crippen LogP contribution in [0.1, 0.15) is 25.7 Å². The number of amides is 1. The van der Waals surface area contributed by atoms with Crippen molar-refractivity contribution in [2.75, 3.05) is 32.6 Å². The zero-order chi connectivity index (χ0) is 13.4. The third kappa shape index (κ3) is 7.62. The predicted octanol–water partition coefficient (Wildman–Crippen LogP) is -0.141. The summed E-state index contributed by atoms with van der Waals surface area (Å²) in [4.78, 5) is 11.4. The molecule has 0 aromatic rings. The van der Waals surface area contributed by atoms with Gasteiger partial charge in [0.1, 0.15) is 0 Å². The molecule has 0 unspecified atom stereocenters. The highest BCUT2D eigenvalue weighted by molar-refractivity contribution is 7.88. The maximum absolute atomic E-state index is 11.4. The van der Waals surface area contributed by atoms with Gasteiger partial charge < -0.3 is 10.1 Å². The SMILES string of the molecule is CS(=O)(=O)NCCC(=O)NCC[C@@H]1CCCOC1. The molecule has 18 heavy (non-hydrogen) atoms. The van der Waals surface area contributed by atoms with Gasteiger partial charge in [-0.05, 0) is 25.2 Å². The van der Waals surface area contributed by atoms with Gasteiger partial charge in [0.25, 0.3) is 0 Å². The number of hydrogen-bond acceptors (Lipinski definition) is 4. The van der Waals surface area contributed by atoms with E-state index in [1.807, 2.05) is 0 Å². The number of carbonyl (C=O) groups is 1. The van der Waals surface area contributed by atoms with Crippen molar-refractivity contribution in [3.63, 3.8) is 0 Å². The van der Waals surface area contributed by atoms with E-state index in [-0.39, 0.29) is 18.9 Å². The van der Waals surface area contributed by atoms with Crippen LogP contribution in [0, 0.1) is 5.92 Å². The number of sulfonamides is 1. The molecule has 7 heteroatoms. The third-order valence-corrected chi connectivity index (χ3v) is 3.57. The van der Waals surface area contributed by atoms with E-state index in [0.29, 0.717) is 12.5 Å². The van der Waals surface area contributed by atoms with Gasteiger partial charge in [-0.2, -0.15) is 0 Å². The lowest BCUT2D eigenvalue weighted by Crippen LogP contribution is -2.32. The van der Waals surface area contributed by atoms with Crippen LogP contribution in [0.15, 0.2) is 0 Å². The van der Waals surface area contributed by atoms with Crippen molar-refractivity contribution in [2.24, 2.45) is 5.92 Å². The van der Waals surface area contributed by atoms with E-state index in [0.717, 1.165) is 38.7 Å². The van der Waals surface area contributed by atoms with Crippen LogP contribution in [-0.2, 0) is 19.6 Å². The zero-order valence-electron chi connectivity index (χ0n) is 10.8. The van der Waals surface area contributed by atoms with Crippen LogP contribution in [0.25, 0.3) is 0 Å². The van der Waals surface area contributed by atoms with Crippen LogP contribution in [0.4, 0.5) is 0 Å². The number of rotatable bonds is 7. The van der Waals surface area contributed by atoms with Gasteiger partial charge in [-0.3, -0.25) is 4.79 Å². The lowest BCUT2D eigenvalue weighted by Gasteiger charge is -2.21. The Morgan fingerprint density at radius 3 is 2.78 bits per heavy atom. The molecule has 6 nitrogen and oxygen atoms in total. The fourth-order valence-corrected chi connectivity index (χ4v) is 2.36. The quantitative estimate of drug-likeness (QED) is 0.679. The second-order valence-electron chi connectivity index (χ2n) is 4.64. The van der Waals surface area contributed by atoms with Crippen LogP contribution in [0.2, 0.25) is 0 Å². The minimum Gasteiger partial charge on any atom is -0.381 e. The van der Waals surface area contributed by atoms with E-state index in [1.54, 1.807) is 0 Å². The van der Waals surface area contributed by atoms with E-state index in [2.05, 4.69) is 10.0 Å². The molecule has 0 bridgehead atoms. The normalized spacial score (nSPS) is 20.6. The summed E-state index contributed by atoms with van der Waals surface area (Å²) in [5, 5.41) is 2.79. The number of ether oxygens (including phenoxy) is 1. The average molecular weight is 278 g/mol. The van der Waals surface area contributed by atoms with Crippen molar-refractivity contribution in [1.82, 2.24) is 10.0 Å². The lowest BCUT2D eigenvalue weighted by molar-refractivity contribution is -0.121. The molecule has 0 aromatic carbocycles. The highest BCUT2D eigenvalue weighted by atomic mass is 32.2. The van der Waals surface area contributed by atoms with Crippen molar-refractivity contribution in [2.45, 2.75) is 25.7 Å². The fourth-order valence-electron chi connectivity index (χ4n) is 1.89. The Balaban J connectivity index is 2.02. The van der Waals surface area contributed by atoms with Crippen molar-refractivity contribution in [3.05, 3.63) is 0 Å². The molecule has 0 spiro atoms. The molecule has 1 aliphatic heterocycles. The minimum atomic E-state index is -3.20. The molecule has 0 aliphatic carbocycles. The molecule has 0 saturated carbocycles. The second kappa shape index (κ2) is 7.70. The maximum Gasteiger partial charge on any atom is 0.221 e. The first-order valence-corrected chi connectivity index (χ1v) is 8.15. The van der Waals surface area contributed by atoms with Crippen molar-refractivity contribution >= 4 is 15.9 Å². The Morgan fingerprint density at radius 2 is 2.17 bits per heavy atom. The molecule has 2 N–H and O–H groups in total. The van der Waals surface area contributed by atoms with Crippen molar-refractivity contribution in [1.29, 1.82) is 0 Å². The van der Waals surface area contributed by atoms with Crippen molar-refractivity contribution < 1.29 is 17.9 Å². The first-order chi connectivity index (χ1) is 8.47. The summed E-state index contributed by atoms with van der Waals surface area (Å²) in [6.45, 7) is 2.41. The van der Waals surface area contributed by atoms with Gasteiger partial charge in [0.15, 0.2) is 0 Å². The Hall–Kier alpha value is -0.660. The van der Waals surface area contributed by atoms with Gasteiger partial charge in [0.2, 0.25) is 15.9 Å². The van der Waals surface area contributed by atoms with Gasteiger partial charge in [-0.25, -0.2) is 13.1 Å². The largest absolute Gasteiger partial charge is 0.381 e. The monoisotopic (exact) mass is 278 g/mol. The third-order valence-electron chi connectivity index (χ3n) is 2.85. The molecular formula is C11H22N2O4S. The standard InChI is InChI=1S/C11H22N2O4S/c1-18(15,16)13-7-5-11(14)12-6-4-10-3-2-8-17-9-10/h10,13H,2-9H2,1H3,(H,12,14)/t10-/m0/s1. The summed E-state index contributed by atoms with van der Waals surface area (Å²) >= 11 is 0. The number of hydrogen-bond donors (Lipinski definition) is 2. The highest BCUT2D eigenvalue weighted by Crippen LogP contribution is 2.16. The molecule has 1 atom stereocenters. The van der Waals surface area contributed by atoms with Crippen LogP contribution in [0.3, 0.4) is 0 Å². The van der Waals surface area contributed by atoms with Gasteiger partial charge in [-0.15, -0.1) is 0 Å². The molecule has 1 saturated heterocycles. The molecule has 1 heterocycles. The van der Waals surface area contributed by atoms with Gasteiger partial charge in [-0.1, -0.05) is 0 Å². The second-order valence-corrected chi connectivity index (χ2v) is 6.47. The van der Waals surface area contributed by atoms with E-state index in [9.17, 15) is 13.2 Å². The lowest BCUT2D eigenvalue weighted by atomic mass is 9.99. The van der Waals surface area contributed by atoms with E-state index in [1.165, 1.54) is 0 Å². The summed E-state index contributed by atoms with van der Waals surface area (Å²) in [6, 6.07) is 0. The summed E-state index contributed by atoms with van der Waals surface area (Å²) in [7, 11) is -3.20. The summed E-state index contributed by atoms with van der Waals surface area (Å²) in [5.41, 5.74) is 0. The van der Waals surface area contributed by atoms with Gasteiger partial charge >= 0.3 is 0 Å². The molecule has 0 radical (unpaired) electrons. The average Bonchev–Trinajstić information content (AvgIpc) is 2.28. The number of carbonyl (C=O) groups excluding carboxylic acids is 1. The summed E-state index contributed by atoms with van der Waals surface area (Å²) in [6.07, 6.45) is 4.43.